The Morgan fingerprint density at radius 2 is 1.66 bits per heavy atom. The van der Waals surface area contributed by atoms with Crippen LogP contribution in [-0.4, -0.2) is 54.2 Å². The molecule has 3 N–H and O–H groups in total. The van der Waals surface area contributed by atoms with Crippen molar-refractivity contribution >= 4 is 23.6 Å². The molecule has 3 aromatic carbocycles. The maximum atomic E-state index is 12.3. The third kappa shape index (κ3) is 10.2. The highest BCUT2D eigenvalue weighted by Gasteiger charge is 2.32. The summed E-state index contributed by atoms with van der Waals surface area (Å²) in [6.45, 7) is 0.434. The summed E-state index contributed by atoms with van der Waals surface area (Å²) in [5, 5.41) is 33.7. The molecule has 3 atom stereocenters. The molecule has 1 fully saturated rings. The number of unbranched alkanes of at least 4 members (excludes halogenated alkanes) is 3. The number of nitrogens with one attached hydrogen (secondary N) is 1. The number of rotatable bonds is 16. The van der Waals surface area contributed by atoms with Crippen molar-refractivity contribution in [3.05, 3.63) is 95.1 Å². The van der Waals surface area contributed by atoms with E-state index >= 15 is 0 Å². The minimum absolute atomic E-state index is 0.00179. The molecule has 12 heteroatoms. The molecule has 11 nitrogen and oxygen atoms in total. The van der Waals surface area contributed by atoms with Gasteiger partial charge in [-0.2, -0.15) is 0 Å². The number of carbonyl (C=O) groups is 2. The number of amides is 1. The molecule has 47 heavy (non-hydrogen) atoms. The van der Waals surface area contributed by atoms with Gasteiger partial charge in [-0.3, -0.25) is 9.59 Å². The first-order valence-corrected chi connectivity index (χ1v) is 16.9. The van der Waals surface area contributed by atoms with Crippen molar-refractivity contribution in [2.75, 3.05) is 5.75 Å². The summed E-state index contributed by atoms with van der Waals surface area (Å²) in [5.74, 6) is -0.118. The van der Waals surface area contributed by atoms with E-state index in [-0.39, 0.29) is 31.1 Å². The van der Waals surface area contributed by atoms with Crippen LogP contribution in [0.1, 0.15) is 79.6 Å². The Bertz CT molecular complexity index is 1600. The molecular weight excluding hydrogens is 618 g/mol. The number of nitrogens with zero attached hydrogens (tertiary/aromatic N) is 4. The second-order valence-corrected chi connectivity index (χ2v) is 12.6. The molecule has 2 heterocycles. The number of aromatic nitrogens is 4. The Labute approximate surface area is 278 Å². The summed E-state index contributed by atoms with van der Waals surface area (Å²) >= 11 is 1.54. The Morgan fingerprint density at radius 3 is 2.36 bits per heavy atom. The Balaban J connectivity index is 1.20. The van der Waals surface area contributed by atoms with Gasteiger partial charge in [-0.15, -0.1) is 5.10 Å². The summed E-state index contributed by atoms with van der Waals surface area (Å²) in [6, 6.07) is 24.1. The molecule has 1 saturated heterocycles. The largest absolute Gasteiger partial charge is 0.481 e. The molecule has 1 amide bonds. The van der Waals surface area contributed by atoms with Crippen LogP contribution in [0.2, 0.25) is 0 Å². The van der Waals surface area contributed by atoms with Crippen LogP contribution in [0.4, 0.5) is 0 Å². The fraction of sp³-hybridized carbons (Fsp3) is 0.400. The van der Waals surface area contributed by atoms with Gasteiger partial charge in [0, 0.05) is 44.2 Å². The first-order valence-electron chi connectivity index (χ1n) is 15.9. The van der Waals surface area contributed by atoms with E-state index in [1.54, 1.807) is 16.4 Å². The van der Waals surface area contributed by atoms with Gasteiger partial charge < -0.3 is 25.0 Å². The Kier molecular flexibility index (Phi) is 12.5. The first-order chi connectivity index (χ1) is 22.9. The maximum Gasteiger partial charge on any atom is 0.303 e. The van der Waals surface area contributed by atoms with Gasteiger partial charge in [0.1, 0.15) is 0 Å². The van der Waals surface area contributed by atoms with E-state index in [0.29, 0.717) is 31.6 Å². The van der Waals surface area contributed by atoms with Crippen molar-refractivity contribution < 1.29 is 29.3 Å². The SMILES string of the molecule is Cn1nnnc1SC[C@@H]1C[C@H](c2ccc(CO)cc2)O[C@H](c2ccc(-c3cccc(CNC(=O)CCCCCCC(=O)O)c3)cc2)O1. The summed E-state index contributed by atoms with van der Waals surface area (Å²) < 4.78 is 14.6. The third-order valence-corrected chi connectivity index (χ3v) is 9.21. The fourth-order valence-electron chi connectivity index (χ4n) is 5.43. The number of carbonyl (C=O) groups excluding carboxylic acids is 1. The van der Waals surface area contributed by atoms with Gasteiger partial charge >= 0.3 is 5.97 Å². The highest BCUT2D eigenvalue weighted by molar-refractivity contribution is 7.99. The number of thioether (sulfide) groups is 1. The van der Waals surface area contributed by atoms with Crippen LogP contribution in [0.25, 0.3) is 11.1 Å². The van der Waals surface area contributed by atoms with Crippen molar-refractivity contribution in [1.82, 2.24) is 25.5 Å². The molecular formula is C35H41N5O6S. The number of carboxylic acids is 1. The summed E-state index contributed by atoms with van der Waals surface area (Å²) in [7, 11) is 1.81. The number of benzene rings is 3. The topological polar surface area (TPSA) is 149 Å². The van der Waals surface area contributed by atoms with Crippen LogP contribution in [0.5, 0.6) is 0 Å². The van der Waals surface area contributed by atoms with Crippen LogP contribution in [-0.2, 0) is 39.3 Å². The number of aliphatic carboxylic acids is 1. The molecule has 4 aromatic rings. The minimum atomic E-state index is -0.777. The molecule has 248 valence electrons. The monoisotopic (exact) mass is 659 g/mol. The second-order valence-electron chi connectivity index (χ2n) is 11.7. The number of aryl methyl sites for hydroxylation is 1. The molecule has 0 unspecified atom stereocenters. The lowest BCUT2D eigenvalue weighted by Crippen LogP contribution is -2.31. The normalized spacial score (nSPS) is 17.8. The molecule has 0 bridgehead atoms. The molecule has 1 aliphatic rings. The van der Waals surface area contributed by atoms with E-state index in [1.165, 1.54) is 0 Å². The van der Waals surface area contributed by atoms with E-state index in [0.717, 1.165) is 57.8 Å². The van der Waals surface area contributed by atoms with Gasteiger partial charge in [-0.1, -0.05) is 91.3 Å². The van der Waals surface area contributed by atoms with E-state index in [1.807, 2.05) is 61.6 Å². The number of carboxylic acid groups (broad SMARTS) is 1. The second kappa shape index (κ2) is 17.2. The molecule has 1 aliphatic heterocycles. The molecule has 5 rings (SSSR count). The van der Waals surface area contributed by atoms with E-state index in [2.05, 4.69) is 39.0 Å². The van der Waals surface area contributed by atoms with Gasteiger partial charge in [0.2, 0.25) is 11.1 Å². The molecule has 0 radical (unpaired) electrons. The summed E-state index contributed by atoms with van der Waals surface area (Å²) in [6.07, 6.45) is 3.49. The van der Waals surface area contributed by atoms with Gasteiger partial charge in [-0.05, 0) is 57.2 Å². The van der Waals surface area contributed by atoms with E-state index in [4.69, 9.17) is 14.6 Å². The predicted molar refractivity (Wildman–Crippen MR) is 177 cm³/mol. The highest BCUT2D eigenvalue weighted by atomic mass is 32.2. The van der Waals surface area contributed by atoms with Crippen molar-refractivity contribution in [3.8, 4) is 11.1 Å². The van der Waals surface area contributed by atoms with Crippen LogP contribution >= 0.6 is 11.8 Å². The van der Waals surface area contributed by atoms with E-state index in [9.17, 15) is 14.7 Å². The third-order valence-electron chi connectivity index (χ3n) is 8.07. The van der Waals surface area contributed by atoms with Crippen molar-refractivity contribution in [3.63, 3.8) is 0 Å². The van der Waals surface area contributed by atoms with Gasteiger partial charge in [0.05, 0.1) is 18.8 Å². The van der Waals surface area contributed by atoms with Crippen LogP contribution in [0, 0.1) is 0 Å². The average Bonchev–Trinajstić information content (AvgIpc) is 3.52. The number of ether oxygens (including phenoxy) is 2. The summed E-state index contributed by atoms with van der Waals surface area (Å²) in [5.41, 5.74) is 5.88. The van der Waals surface area contributed by atoms with Gasteiger partial charge in [0.25, 0.3) is 0 Å². The van der Waals surface area contributed by atoms with Gasteiger partial charge in [0.15, 0.2) is 6.29 Å². The van der Waals surface area contributed by atoms with Crippen molar-refractivity contribution in [2.45, 2.75) is 81.8 Å². The predicted octanol–water partition coefficient (Wildman–Crippen LogP) is 5.75. The number of aliphatic hydroxyl groups is 1. The maximum absolute atomic E-state index is 12.3. The molecule has 0 spiro atoms. The fourth-order valence-corrected chi connectivity index (χ4v) is 6.30. The zero-order valence-corrected chi connectivity index (χ0v) is 27.3. The lowest BCUT2D eigenvalue weighted by Gasteiger charge is -2.36. The van der Waals surface area contributed by atoms with Crippen LogP contribution < -0.4 is 5.32 Å². The number of hydrogen-bond donors (Lipinski definition) is 3. The zero-order chi connectivity index (χ0) is 33.0. The van der Waals surface area contributed by atoms with Crippen LogP contribution in [0.3, 0.4) is 0 Å². The Morgan fingerprint density at radius 1 is 0.915 bits per heavy atom. The minimum Gasteiger partial charge on any atom is -0.481 e. The van der Waals surface area contributed by atoms with E-state index < -0.39 is 12.3 Å². The standard InChI is InChI=1S/C35H41N5O6S/c1-40-35(37-38-39-40)47-23-30-20-31(27-13-11-24(22-41)12-14-27)46-34(45-30)28-17-15-26(16-18-28)29-8-6-7-25(19-29)21-36-32(42)9-4-2-3-5-10-33(43)44/h6-8,11-19,30-31,34,41H,2-5,9-10,20-23H2,1H3,(H,36,42)(H,43,44)/t30-,31+,34+/m0/s1. The quantitative estimate of drug-likeness (QED) is 0.100. The van der Waals surface area contributed by atoms with Crippen molar-refractivity contribution in [2.24, 2.45) is 7.05 Å². The molecule has 0 aliphatic carbocycles. The number of tetrazole rings is 1. The molecule has 1 aromatic heterocycles. The lowest BCUT2D eigenvalue weighted by molar-refractivity contribution is -0.245. The lowest BCUT2D eigenvalue weighted by atomic mass is 9.99. The first kappa shape index (κ1) is 34.2. The Hall–Kier alpha value is -4.10. The van der Waals surface area contributed by atoms with Crippen molar-refractivity contribution in [1.29, 1.82) is 0 Å². The molecule has 0 saturated carbocycles. The smallest absolute Gasteiger partial charge is 0.303 e. The highest BCUT2D eigenvalue weighted by Crippen LogP contribution is 2.39. The van der Waals surface area contributed by atoms with Crippen LogP contribution in [0.15, 0.2) is 78.0 Å². The zero-order valence-electron chi connectivity index (χ0n) is 26.5. The average molecular weight is 660 g/mol. The number of aliphatic hydroxyl groups excluding tert-OH is 1. The number of hydrogen-bond acceptors (Lipinski definition) is 9. The summed E-state index contributed by atoms with van der Waals surface area (Å²) in [4.78, 5) is 22.9. The van der Waals surface area contributed by atoms with Gasteiger partial charge in [-0.25, -0.2) is 4.68 Å².